The zero-order chi connectivity index (χ0) is 28.6. The number of carbonyl (C=O) groups excluding carboxylic acids is 2. The number of ether oxygens (including phenoxy) is 2. The van der Waals surface area contributed by atoms with Crippen LogP contribution in [0, 0.1) is 17.0 Å². The van der Waals surface area contributed by atoms with Crippen LogP contribution in [-0.4, -0.2) is 36.7 Å². The Morgan fingerprint density at radius 3 is 2.33 bits per heavy atom. The average molecular weight is 546 g/mol. The molecule has 0 spiro atoms. The Kier molecular flexibility index (Phi) is 9.37. The van der Waals surface area contributed by atoms with Gasteiger partial charge in [-0.1, -0.05) is 55.5 Å². The predicted octanol–water partition coefficient (Wildman–Crippen LogP) is 6.19. The lowest BCUT2D eigenvalue weighted by molar-refractivity contribution is -0.385. The molecule has 0 heterocycles. The molecule has 9 heteroatoms. The fourth-order valence-corrected chi connectivity index (χ4v) is 5.02. The van der Waals surface area contributed by atoms with E-state index >= 15 is 0 Å². The Hall–Kier alpha value is -4.40. The molecule has 0 aromatic heterocycles. The van der Waals surface area contributed by atoms with Gasteiger partial charge in [-0.25, -0.2) is 4.79 Å². The van der Waals surface area contributed by atoms with E-state index in [1.807, 2.05) is 43.3 Å². The first-order valence-corrected chi connectivity index (χ1v) is 13.6. The highest BCUT2D eigenvalue weighted by Gasteiger charge is 2.30. The number of nitro benzene ring substituents is 1. The molecule has 1 atom stereocenters. The van der Waals surface area contributed by atoms with Crippen LogP contribution >= 0.6 is 0 Å². The Bertz CT molecular complexity index is 1340. The Labute approximate surface area is 234 Å². The quantitative estimate of drug-likeness (QED) is 0.159. The van der Waals surface area contributed by atoms with Gasteiger partial charge in [-0.2, -0.15) is 0 Å². The summed E-state index contributed by atoms with van der Waals surface area (Å²) in [4.78, 5) is 35.9. The molecule has 0 saturated heterocycles. The van der Waals surface area contributed by atoms with Crippen LogP contribution in [0.25, 0.3) is 11.1 Å². The topological polar surface area (TPSA) is 120 Å². The zero-order valence-electron chi connectivity index (χ0n) is 23.1. The average Bonchev–Trinajstić information content (AvgIpc) is 3.27. The van der Waals surface area contributed by atoms with Crippen LogP contribution in [0.2, 0.25) is 0 Å². The summed E-state index contributed by atoms with van der Waals surface area (Å²) in [6.45, 7) is 6.49. The van der Waals surface area contributed by atoms with Gasteiger partial charge < -0.3 is 20.1 Å². The summed E-state index contributed by atoms with van der Waals surface area (Å²) in [5, 5.41) is 17.4. The minimum Gasteiger partial charge on any atom is -0.493 e. The zero-order valence-corrected chi connectivity index (χ0v) is 23.1. The van der Waals surface area contributed by atoms with Gasteiger partial charge in [0, 0.05) is 18.9 Å². The molecule has 3 aromatic rings. The Morgan fingerprint density at radius 1 is 1.05 bits per heavy atom. The molecule has 0 bridgehead atoms. The van der Waals surface area contributed by atoms with E-state index in [-0.39, 0.29) is 30.7 Å². The van der Waals surface area contributed by atoms with Gasteiger partial charge in [0.05, 0.1) is 29.2 Å². The maximum Gasteiger partial charge on any atom is 0.407 e. The number of rotatable bonds is 12. The van der Waals surface area contributed by atoms with E-state index in [4.69, 9.17) is 9.47 Å². The highest BCUT2D eigenvalue weighted by Crippen LogP contribution is 2.44. The molecule has 2 amide bonds. The second kappa shape index (κ2) is 13.1. The van der Waals surface area contributed by atoms with Gasteiger partial charge in [-0.3, -0.25) is 14.9 Å². The lowest BCUT2D eigenvalue weighted by Crippen LogP contribution is -2.29. The molecule has 40 heavy (non-hydrogen) atoms. The van der Waals surface area contributed by atoms with Crippen molar-refractivity contribution in [1.82, 2.24) is 10.6 Å². The number of amides is 2. The maximum atomic E-state index is 12.8. The van der Waals surface area contributed by atoms with Crippen molar-refractivity contribution in [2.24, 2.45) is 0 Å². The van der Waals surface area contributed by atoms with Gasteiger partial charge in [-0.15, -0.1) is 0 Å². The second-order valence-corrected chi connectivity index (χ2v) is 9.93. The number of nitrogens with one attached hydrogen (secondary N) is 2. The highest BCUT2D eigenvalue weighted by atomic mass is 16.6. The van der Waals surface area contributed by atoms with Crippen LogP contribution in [0.1, 0.15) is 67.3 Å². The Balaban J connectivity index is 1.37. The molecule has 1 unspecified atom stereocenters. The van der Waals surface area contributed by atoms with E-state index in [0.29, 0.717) is 36.3 Å². The van der Waals surface area contributed by atoms with Crippen LogP contribution < -0.4 is 15.4 Å². The van der Waals surface area contributed by atoms with E-state index in [0.717, 1.165) is 28.7 Å². The molecule has 4 rings (SSSR count). The van der Waals surface area contributed by atoms with E-state index in [1.54, 1.807) is 19.9 Å². The lowest BCUT2D eigenvalue weighted by Gasteiger charge is -2.19. The number of nitro groups is 1. The maximum absolute atomic E-state index is 12.8. The molecule has 0 radical (unpaired) electrons. The summed E-state index contributed by atoms with van der Waals surface area (Å²) in [5.41, 5.74) is 5.36. The second-order valence-electron chi connectivity index (χ2n) is 9.93. The first-order chi connectivity index (χ1) is 19.3. The van der Waals surface area contributed by atoms with Gasteiger partial charge in [0.15, 0.2) is 0 Å². The SMILES string of the molecule is CCCNC(=O)CCCOc1cc([N+](=O)[O-])c(C(C)NC(=O)OCC2c3ccccc3-c3ccccc32)cc1C. The molecule has 0 aliphatic heterocycles. The molecular weight excluding hydrogens is 510 g/mol. The number of hydrogen-bond donors (Lipinski definition) is 2. The molecular formula is C31H35N3O6. The minimum absolute atomic E-state index is 0.0448. The van der Waals surface area contributed by atoms with E-state index in [2.05, 4.69) is 22.8 Å². The number of alkyl carbamates (subject to hydrolysis) is 1. The molecule has 1 aliphatic rings. The first kappa shape index (κ1) is 28.6. The third-order valence-electron chi connectivity index (χ3n) is 7.04. The van der Waals surface area contributed by atoms with Crippen LogP contribution in [0.15, 0.2) is 60.7 Å². The summed E-state index contributed by atoms with van der Waals surface area (Å²) in [5.74, 6) is 0.244. The predicted molar refractivity (Wildman–Crippen MR) is 152 cm³/mol. The first-order valence-electron chi connectivity index (χ1n) is 13.6. The van der Waals surface area contributed by atoms with Crippen molar-refractivity contribution in [2.45, 2.75) is 52.0 Å². The van der Waals surface area contributed by atoms with Crippen LogP contribution in [0.4, 0.5) is 10.5 Å². The molecule has 0 fully saturated rings. The highest BCUT2D eigenvalue weighted by molar-refractivity contribution is 5.79. The van der Waals surface area contributed by atoms with Crippen molar-refractivity contribution in [1.29, 1.82) is 0 Å². The van der Waals surface area contributed by atoms with Gasteiger partial charge in [0.2, 0.25) is 5.91 Å². The largest absolute Gasteiger partial charge is 0.493 e. The minimum atomic E-state index is -0.675. The number of hydrogen-bond acceptors (Lipinski definition) is 6. The number of fused-ring (bicyclic) bond motifs is 3. The van der Waals surface area contributed by atoms with E-state index < -0.39 is 17.1 Å². The fourth-order valence-electron chi connectivity index (χ4n) is 5.02. The number of carbonyl (C=O) groups is 2. The molecule has 0 saturated carbocycles. The van der Waals surface area contributed by atoms with Crippen molar-refractivity contribution < 1.29 is 24.0 Å². The smallest absolute Gasteiger partial charge is 0.407 e. The standard InChI is InChI=1S/C31H35N3O6/c1-4-15-32-30(35)14-9-16-39-29-18-28(34(37)38)26(17-20(29)2)21(3)33-31(36)40-19-27-24-12-7-5-10-22(24)23-11-6-8-13-25(23)27/h5-8,10-13,17-18,21,27H,4,9,14-16,19H2,1-3H3,(H,32,35)(H,33,36). The summed E-state index contributed by atoms with van der Waals surface area (Å²) >= 11 is 0. The van der Waals surface area contributed by atoms with E-state index in [1.165, 1.54) is 6.07 Å². The summed E-state index contributed by atoms with van der Waals surface area (Å²) in [7, 11) is 0. The van der Waals surface area contributed by atoms with Crippen molar-refractivity contribution in [3.8, 4) is 16.9 Å². The van der Waals surface area contributed by atoms with Crippen molar-refractivity contribution in [3.05, 3.63) is 93.0 Å². The van der Waals surface area contributed by atoms with Crippen molar-refractivity contribution >= 4 is 17.7 Å². The van der Waals surface area contributed by atoms with Crippen LogP contribution in [-0.2, 0) is 9.53 Å². The van der Waals surface area contributed by atoms with E-state index in [9.17, 15) is 19.7 Å². The van der Waals surface area contributed by atoms with Gasteiger partial charge in [0.25, 0.3) is 5.69 Å². The summed E-state index contributed by atoms with van der Waals surface area (Å²) < 4.78 is 11.4. The van der Waals surface area contributed by atoms with Gasteiger partial charge >= 0.3 is 6.09 Å². The number of aryl methyl sites for hydroxylation is 1. The van der Waals surface area contributed by atoms with Crippen LogP contribution in [0.5, 0.6) is 5.75 Å². The molecule has 210 valence electrons. The van der Waals surface area contributed by atoms with Crippen molar-refractivity contribution in [3.63, 3.8) is 0 Å². The lowest BCUT2D eigenvalue weighted by atomic mass is 9.98. The van der Waals surface area contributed by atoms with Crippen molar-refractivity contribution in [2.75, 3.05) is 19.8 Å². The monoisotopic (exact) mass is 545 g/mol. The number of nitrogens with zero attached hydrogens (tertiary/aromatic N) is 1. The Morgan fingerprint density at radius 2 is 1.70 bits per heavy atom. The molecule has 3 aromatic carbocycles. The summed E-state index contributed by atoms with van der Waals surface area (Å²) in [6.07, 6.45) is 1.03. The number of benzene rings is 3. The van der Waals surface area contributed by atoms with Gasteiger partial charge in [-0.05, 0) is 60.6 Å². The normalized spacial score (nSPS) is 12.7. The van der Waals surface area contributed by atoms with Crippen LogP contribution in [0.3, 0.4) is 0 Å². The molecule has 1 aliphatic carbocycles. The third kappa shape index (κ3) is 6.59. The third-order valence-corrected chi connectivity index (χ3v) is 7.04. The summed E-state index contributed by atoms with van der Waals surface area (Å²) in [6, 6.07) is 18.5. The molecule has 2 N–H and O–H groups in total. The fraction of sp³-hybridized carbons (Fsp3) is 0.355. The van der Waals surface area contributed by atoms with Gasteiger partial charge in [0.1, 0.15) is 12.4 Å². The molecule has 9 nitrogen and oxygen atoms in total.